The molecule has 1 aromatic carbocycles. The van der Waals surface area contributed by atoms with Crippen LogP contribution in [0.15, 0.2) is 46.3 Å². The number of hydrogen-bond acceptors (Lipinski definition) is 2. The van der Waals surface area contributed by atoms with Crippen molar-refractivity contribution in [1.82, 2.24) is 0 Å². The monoisotopic (exact) mass is 252 g/mol. The summed E-state index contributed by atoms with van der Waals surface area (Å²) in [5.74, 6) is 0.888. The summed E-state index contributed by atoms with van der Waals surface area (Å²) in [6.07, 6.45) is 2.68. The first kappa shape index (κ1) is 10.7. The quantitative estimate of drug-likeness (QED) is 0.872. The van der Waals surface area contributed by atoms with Crippen LogP contribution in [0.3, 0.4) is 0 Å². The van der Waals surface area contributed by atoms with Crippen LogP contribution in [-0.2, 0) is 0 Å². The highest BCUT2D eigenvalue weighted by Crippen LogP contribution is 2.53. The molecule has 0 heterocycles. The molecule has 0 aliphatic heterocycles. The normalized spacial score (nSPS) is 36.5. The Morgan fingerprint density at radius 2 is 2.00 bits per heavy atom. The lowest BCUT2D eigenvalue weighted by Crippen LogP contribution is -2.49. The van der Waals surface area contributed by atoms with Crippen LogP contribution >= 0.6 is 23.4 Å². The molecular formula is C13H13ClOS. The minimum absolute atomic E-state index is 0.340. The molecule has 1 N–H and O–H groups in total. The number of fused-ring (bicyclic) bond motifs is 1. The molecule has 0 amide bonds. The second-order valence-electron chi connectivity index (χ2n) is 4.46. The zero-order valence-corrected chi connectivity index (χ0v) is 10.3. The van der Waals surface area contributed by atoms with Crippen molar-refractivity contribution in [2.24, 2.45) is 11.8 Å². The van der Waals surface area contributed by atoms with Gasteiger partial charge >= 0.3 is 0 Å². The van der Waals surface area contributed by atoms with Gasteiger partial charge < -0.3 is 5.11 Å². The van der Waals surface area contributed by atoms with Gasteiger partial charge in [-0.25, -0.2) is 0 Å². The lowest BCUT2D eigenvalue weighted by atomic mass is 9.67. The van der Waals surface area contributed by atoms with E-state index in [4.69, 9.17) is 11.6 Å². The summed E-state index contributed by atoms with van der Waals surface area (Å²) in [7, 11) is 0. The molecule has 0 saturated heterocycles. The maximum absolute atomic E-state index is 9.92. The third-order valence-electron chi connectivity index (χ3n) is 3.47. The van der Waals surface area contributed by atoms with E-state index >= 15 is 0 Å². The Balaban J connectivity index is 1.76. The molecular weight excluding hydrogens is 240 g/mol. The van der Waals surface area contributed by atoms with Gasteiger partial charge in [-0.15, -0.1) is 11.8 Å². The molecule has 3 aliphatic rings. The Hall–Kier alpha value is -0.440. The maximum Gasteiger partial charge on any atom is 0.0931 e. The first-order valence-electron chi connectivity index (χ1n) is 5.52. The minimum atomic E-state index is -0.437. The molecule has 1 aromatic rings. The Kier molecular flexibility index (Phi) is 2.74. The van der Waals surface area contributed by atoms with Crippen molar-refractivity contribution in [3.05, 3.63) is 41.4 Å². The summed E-state index contributed by atoms with van der Waals surface area (Å²) < 4.78 is 0. The number of halogens is 1. The van der Waals surface area contributed by atoms with Crippen LogP contribution in [0.5, 0.6) is 0 Å². The van der Waals surface area contributed by atoms with E-state index in [0.717, 1.165) is 6.42 Å². The van der Waals surface area contributed by atoms with Crippen molar-refractivity contribution in [3.63, 3.8) is 0 Å². The van der Waals surface area contributed by atoms with Gasteiger partial charge in [0.15, 0.2) is 0 Å². The van der Waals surface area contributed by atoms with E-state index in [-0.39, 0.29) is 0 Å². The minimum Gasteiger partial charge on any atom is -0.387 e. The number of aliphatic hydroxyl groups excluding tert-OH is 1. The third kappa shape index (κ3) is 1.69. The molecule has 4 rings (SSSR count). The molecule has 0 spiro atoms. The summed E-state index contributed by atoms with van der Waals surface area (Å²) in [6, 6.07) is 10.4. The van der Waals surface area contributed by atoms with Gasteiger partial charge in [-0.05, 0) is 24.5 Å². The lowest BCUT2D eigenvalue weighted by molar-refractivity contribution is 0.0635. The summed E-state index contributed by atoms with van der Waals surface area (Å²) >= 11 is 7.83. The summed E-state index contributed by atoms with van der Waals surface area (Å²) in [6.45, 7) is 0. The van der Waals surface area contributed by atoms with Crippen molar-refractivity contribution < 1.29 is 5.11 Å². The fourth-order valence-electron chi connectivity index (χ4n) is 2.51. The van der Waals surface area contributed by atoms with E-state index in [1.165, 1.54) is 4.90 Å². The van der Waals surface area contributed by atoms with Crippen molar-refractivity contribution in [2.75, 3.05) is 0 Å². The van der Waals surface area contributed by atoms with Crippen molar-refractivity contribution >= 4 is 23.4 Å². The van der Waals surface area contributed by atoms with Crippen LogP contribution in [0, 0.1) is 11.8 Å². The van der Waals surface area contributed by atoms with E-state index in [9.17, 15) is 5.11 Å². The third-order valence-corrected chi connectivity index (χ3v) is 5.33. The fourth-order valence-corrected chi connectivity index (χ4v) is 4.27. The van der Waals surface area contributed by atoms with Crippen LogP contribution in [0.4, 0.5) is 0 Å². The average Bonchev–Trinajstić information content (AvgIpc) is 2.30. The van der Waals surface area contributed by atoms with Gasteiger partial charge in [-0.1, -0.05) is 35.9 Å². The molecule has 0 aromatic heterocycles. The largest absolute Gasteiger partial charge is 0.387 e. The van der Waals surface area contributed by atoms with E-state index in [0.29, 0.717) is 22.1 Å². The number of thioether (sulfide) groups is 1. The van der Waals surface area contributed by atoms with E-state index in [1.807, 2.05) is 23.9 Å². The molecule has 1 fully saturated rings. The summed E-state index contributed by atoms with van der Waals surface area (Å²) in [4.78, 5) is 1.28. The van der Waals surface area contributed by atoms with Crippen LogP contribution in [0.25, 0.3) is 0 Å². The molecule has 3 heteroatoms. The van der Waals surface area contributed by atoms with Gasteiger partial charge in [0.25, 0.3) is 0 Å². The molecule has 1 nitrogen and oxygen atoms in total. The van der Waals surface area contributed by atoms with Gasteiger partial charge in [0.2, 0.25) is 0 Å². The highest BCUT2D eigenvalue weighted by Gasteiger charge is 2.48. The summed E-state index contributed by atoms with van der Waals surface area (Å²) in [5, 5.41) is 11.1. The fraction of sp³-hybridized carbons (Fsp3) is 0.385. The Bertz CT molecular complexity index is 417. The molecule has 3 aliphatic carbocycles. The van der Waals surface area contributed by atoms with Gasteiger partial charge in [0.1, 0.15) is 0 Å². The van der Waals surface area contributed by atoms with Crippen LogP contribution in [0.2, 0.25) is 0 Å². The number of rotatable bonds is 2. The van der Waals surface area contributed by atoms with Gasteiger partial charge in [-0.2, -0.15) is 0 Å². The predicted octanol–water partition coefficient (Wildman–Crippen LogP) is 3.28. The predicted molar refractivity (Wildman–Crippen MR) is 67.6 cm³/mol. The second kappa shape index (κ2) is 4.10. The lowest BCUT2D eigenvalue weighted by Gasteiger charge is -2.49. The van der Waals surface area contributed by atoms with E-state index in [2.05, 4.69) is 24.3 Å². The zero-order valence-electron chi connectivity index (χ0n) is 8.71. The second-order valence-corrected chi connectivity index (χ2v) is 6.14. The van der Waals surface area contributed by atoms with E-state index < -0.39 is 6.10 Å². The molecule has 1 saturated carbocycles. The number of allylic oxidation sites excluding steroid dienone is 1. The SMILES string of the molecule is O[C@H]1C(Cl)=C[C@H]2C[C@@H]1[C@H]2Sc1ccccc1. The Labute approximate surface area is 105 Å². The first-order chi connectivity index (χ1) is 7.75. The number of benzene rings is 1. The van der Waals surface area contributed by atoms with E-state index in [1.54, 1.807) is 0 Å². The average molecular weight is 253 g/mol. The molecule has 4 atom stereocenters. The Morgan fingerprint density at radius 3 is 2.69 bits per heavy atom. The van der Waals surface area contributed by atoms with Crippen molar-refractivity contribution in [2.45, 2.75) is 22.7 Å². The molecule has 84 valence electrons. The van der Waals surface area contributed by atoms with Gasteiger partial charge in [0, 0.05) is 21.1 Å². The number of aliphatic hydroxyl groups is 1. The van der Waals surface area contributed by atoms with Gasteiger partial charge in [-0.3, -0.25) is 0 Å². The van der Waals surface area contributed by atoms with Crippen LogP contribution < -0.4 is 0 Å². The zero-order chi connectivity index (χ0) is 11.1. The van der Waals surface area contributed by atoms with Crippen LogP contribution in [-0.4, -0.2) is 16.5 Å². The molecule has 0 radical (unpaired) electrons. The van der Waals surface area contributed by atoms with Gasteiger partial charge in [0.05, 0.1) is 6.10 Å². The number of hydrogen-bond donors (Lipinski definition) is 1. The first-order valence-corrected chi connectivity index (χ1v) is 6.78. The molecule has 16 heavy (non-hydrogen) atoms. The standard InChI is InChI=1S/C13H13ClOS/c14-11-7-8-6-10(12(11)15)13(8)16-9-4-2-1-3-5-9/h1-5,7-8,10,12-13,15H,6H2/t8-,10+,12-,13+/m1/s1. The highest BCUT2D eigenvalue weighted by molar-refractivity contribution is 8.00. The summed E-state index contributed by atoms with van der Waals surface area (Å²) in [5.41, 5.74) is 0. The Morgan fingerprint density at radius 1 is 1.25 bits per heavy atom. The van der Waals surface area contributed by atoms with Crippen molar-refractivity contribution in [1.29, 1.82) is 0 Å². The molecule has 2 bridgehead atoms. The molecule has 0 unspecified atom stereocenters. The highest BCUT2D eigenvalue weighted by atomic mass is 35.5. The topological polar surface area (TPSA) is 20.2 Å². The smallest absolute Gasteiger partial charge is 0.0931 e. The van der Waals surface area contributed by atoms with Crippen LogP contribution in [0.1, 0.15) is 6.42 Å². The maximum atomic E-state index is 9.92. The van der Waals surface area contributed by atoms with Crippen molar-refractivity contribution in [3.8, 4) is 0 Å².